The zero-order valence-electron chi connectivity index (χ0n) is 19.1. The van der Waals surface area contributed by atoms with E-state index in [2.05, 4.69) is 5.32 Å². The number of aliphatic hydroxyl groups excluding tert-OH is 1. The molecule has 3 heterocycles. The van der Waals surface area contributed by atoms with E-state index >= 15 is 8.78 Å². The van der Waals surface area contributed by atoms with Crippen LogP contribution in [0.4, 0.5) is 13.2 Å². The number of alkyl halides is 3. The molecule has 5 rings (SSSR count). The predicted octanol–water partition coefficient (Wildman–Crippen LogP) is 4.21. The minimum atomic E-state index is -4.04. The summed E-state index contributed by atoms with van der Waals surface area (Å²) in [5, 5.41) is 14.1. The van der Waals surface area contributed by atoms with Crippen molar-refractivity contribution >= 4 is 28.5 Å². The molecule has 36 heavy (non-hydrogen) atoms. The largest absolute Gasteiger partial charge is 0.486 e. The summed E-state index contributed by atoms with van der Waals surface area (Å²) >= 11 is 5.92. The Labute approximate surface area is 209 Å². The van der Waals surface area contributed by atoms with Crippen molar-refractivity contribution in [2.45, 2.75) is 30.7 Å². The topological polar surface area (TPSA) is 84.2 Å². The van der Waals surface area contributed by atoms with Crippen molar-refractivity contribution in [1.29, 1.82) is 0 Å². The van der Waals surface area contributed by atoms with Crippen LogP contribution in [0.5, 0.6) is 11.5 Å². The molecule has 3 atom stereocenters. The van der Waals surface area contributed by atoms with E-state index in [9.17, 15) is 14.3 Å². The lowest BCUT2D eigenvalue weighted by Gasteiger charge is -2.30. The van der Waals surface area contributed by atoms with Crippen LogP contribution in [0.3, 0.4) is 0 Å². The van der Waals surface area contributed by atoms with Gasteiger partial charge in [0.2, 0.25) is 0 Å². The summed E-state index contributed by atoms with van der Waals surface area (Å²) in [5.41, 5.74) is 0.489. The number of nitrogens with zero attached hydrogens (tertiary/aromatic N) is 1. The van der Waals surface area contributed by atoms with Crippen molar-refractivity contribution in [3.63, 3.8) is 0 Å². The van der Waals surface area contributed by atoms with Gasteiger partial charge in [-0.15, -0.1) is 0 Å². The predicted molar refractivity (Wildman–Crippen MR) is 125 cm³/mol. The third-order valence-electron chi connectivity index (χ3n) is 6.35. The van der Waals surface area contributed by atoms with Gasteiger partial charge in [0.05, 0.1) is 6.04 Å². The maximum atomic E-state index is 15.2. The van der Waals surface area contributed by atoms with Gasteiger partial charge in [-0.25, -0.2) is 4.39 Å². The average molecular weight is 525 g/mol. The molecule has 0 spiro atoms. The molecule has 3 aromatic rings. The quantitative estimate of drug-likeness (QED) is 0.482. The smallest absolute Gasteiger partial charge is 0.380 e. The Bertz CT molecular complexity index is 1270. The van der Waals surface area contributed by atoms with Crippen LogP contribution in [0.2, 0.25) is 5.02 Å². The van der Waals surface area contributed by atoms with E-state index in [1.54, 1.807) is 23.1 Å². The average Bonchev–Trinajstić information content (AvgIpc) is 3.48. The Morgan fingerprint density at radius 1 is 1.17 bits per heavy atom. The molecule has 1 aromatic heterocycles. The van der Waals surface area contributed by atoms with E-state index in [1.165, 1.54) is 18.2 Å². The zero-order valence-corrected chi connectivity index (χ0v) is 19.8. The molecule has 11 heteroatoms. The highest BCUT2D eigenvalue weighted by Crippen LogP contribution is 2.36. The summed E-state index contributed by atoms with van der Waals surface area (Å²) in [6.45, 7) is 1.14. The molecule has 1 amide bonds. The number of hydrogen-bond donors (Lipinski definition) is 2. The van der Waals surface area contributed by atoms with Gasteiger partial charge in [0.15, 0.2) is 17.3 Å². The van der Waals surface area contributed by atoms with Gasteiger partial charge in [0.1, 0.15) is 31.1 Å². The fourth-order valence-corrected chi connectivity index (χ4v) is 4.65. The minimum absolute atomic E-state index is 0.0341. The summed E-state index contributed by atoms with van der Waals surface area (Å²) in [5.74, 6) is -5.64. The summed E-state index contributed by atoms with van der Waals surface area (Å²) in [6.07, 6.45) is -2.15. The second-order valence-corrected chi connectivity index (χ2v) is 9.38. The number of halogens is 4. The highest BCUT2D eigenvalue weighted by Gasteiger charge is 2.46. The summed E-state index contributed by atoms with van der Waals surface area (Å²) in [6, 6.07) is 8.98. The maximum Gasteiger partial charge on any atom is 0.380 e. The monoisotopic (exact) mass is 524 g/mol. The van der Waals surface area contributed by atoms with Crippen LogP contribution in [0, 0.1) is 0 Å². The standard InChI is InChI=1S/C25H24ClF3N2O5/c26-16-2-4-19-15(9-16)11-22(36-19)25(28,29)24(33)30-18(13-31-6-5-17(27)12-31)23(32)14-1-3-20-21(10-14)35-8-7-34-20/h1-4,9-11,17-18,23,32H,5-8,12-13H2,(H,30,33)/t17-,18?,23?/m0/s1. The van der Waals surface area contributed by atoms with Gasteiger partial charge in [-0.3, -0.25) is 9.69 Å². The number of likely N-dealkylation sites (tertiary alicyclic amines) is 1. The van der Waals surface area contributed by atoms with Gasteiger partial charge in [0, 0.05) is 30.0 Å². The third kappa shape index (κ3) is 4.98. The molecule has 7 nitrogen and oxygen atoms in total. The minimum Gasteiger partial charge on any atom is -0.486 e. The third-order valence-corrected chi connectivity index (χ3v) is 6.58. The SMILES string of the molecule is O=C(NC(CN1CC[C@H](F)C1)C(O)c1ccc2c(c1)OCCO2)C(F)(F)c1cc2cc(Cl)ccc2o1. The molecule has 0 aliphatic carbocycles. The molecule has 2 unspecified atom stereocenters. The molecule has 2 N–H and O–H groups in total. The molecular weight excluding hydrogens is 501 g/mol. The second kappa shape index (κ2) is 9.84. The van der Waals surface area contributed by atoms with Gasteiger partial charge < -0.3 is 24.3 Å². The van der Waals surface area contributed by atoms with E-state index < -0.39 is 35.9 Å². The van der Waals surface area contributed by atoms with Crippen LogP contribution in [-0.4, -0.2) is 61.0 Å². The summed E-state index contributed by atoms with van der Waals surface area (Å²) < 4.78 is 60.4. The maximum absolute atomic E-state index is 15.2. The van der Waals surface area contributed by atoms with Crippen molar-refractivity contribution in [1.82, 2.24) is 10.2 Å². The van der Waals surface area contributed by atoms with Crippen LogP contribution in [-0.2, 0) is 10.7 Å². The number of amides is 1. The van der Waals surface area contributed by atoms with Gasteiger partial charge in [-0.1, -0.05) is 17.7 Å². The molecule has 2 aliphatic rings. The van der Waals surface area contributed by atoms with Crippen molar-refractivity contribution in [3.8, 4) is 11.5 Å². The van der Waals surface area contributed by atoms with Crippen LogP contribution < -0.4 is 14.8 Å². The van der Waals surface area contributed by atoms with Gasteiger partial charge in [0.25, 0.3) is 5.91 Å². The first-order chi connectivity index (χ1) is 17.2. The second-order valence-electron chi connectivity index (χ2n) is 8.94. The molecule has 1 fully saturated rings. The highest BCUT2D eigenvalue weighted by atomic mass is 35.5. The van der Waals surface area contributed by atoms with Gasteiger partial charge in [-0.05, 0) is 48.4 Å². The number of carbonyl (C=O) groups is 1. The van der Waals surface area contributed by atoms with Crippen molar-refractivity contribution in [3.05, 3.63) is 58.8 Å². The lowest BCUT2D eigenvalue weighted by molar-refractivity contribution is -0.151. The number of furan rings is 1. The molecule has 2 aliphatic heterocycles. The first-order valence-electron chi connectivity index (χ1n) is 11.5. The molecule has 0 saturated carbocycles. The van der Waals surface area contributed by atoms with Crippen molar-refractivity contribution in [2.24, 2.45) is 0 Å². The van der Waals surface area contributed by atoms with Crippen LogP contribution in [0.25, 0.3) is 11.0 Å². The number of nitrogens with one attached hydrogen (secondary N) is 1. The molecule has 0 radical (unpaired) electrons. The Balaban J connectivity index is 1.39. The van der Waals surface area contributed by atoms with E-state index in [4.69, 9.17) is 25.5 Å². The Morgan fingerprint density at radius 2 is 1.94 bits per heavy atom. The lowest BCUT2D eigenvalue weighted by Crippen LogP contribution is -2.51. The van der Waals surface area contributed by atoms with Crippen LogP contribution in [0.15, 0.2) is 46.9 Å². The number of fused-ring (bicyclic) bond motifs is 2. The number of rotatable bonds is 7. The number of aliphatic hydroxyl groups is 1. The van der Waals surface area contributed by atoms with E-state index in [-0.39, 0.29) is 18.7 Å². The van der Waals surface area contributed by atoms with E-state index in [1.807, 2.05) is 0 Å². The molecule has 1 saturated heterocycles. The van der Waals surface area contributed by atoms with E-state index in [0.29, 0.717) is 53.7 Å². The van der Waals surface area contributed by atoms with Crippen molar-refractivity contribution in [2.75, 3.05) is 32.8 Å². The first-order valence-corrected chi connectivity index (χ1v) is 11.9. The Kier molecular flexibility index (Phi) is 6.76. The van der Waals surface area contributed by atoms with Gasteiger partial charge >= 0.3 is 5.92 Å². The number of hydrogen-bond acceptors (Lipinski definition) is 6. The summed E-state index contributed by atoms with van der Waals surface area (Å²) in [7, 11) is 0. The Hall–Kier alpha value is -2.95. The van der Waals surface area contributed by atoms with Crippen LogP contribution in [0.1, 0.15) is 23.8 Å². The molecule has 192 valence electrons. The molecule has 2 aromatic carbocycles. The van der Waals surface area contributed by atoms with Crippen molar-refractivity contribution < 1.29 is 37.0 Å². The zero-order chi connectivity index (χ0) is 25.4. The summed E-state index contributed by atoms with van der Waals surface area (Å²) in [4.78, 5) is 14.5. The van der Waals surface area contributed by atoms with Crippen LogP contribution >= 0.6 is 11.6 Å². The molecule has 0 bridgehead atoms. The molecular formula is C25H24ClF3N2O5. The normalized spacial score (nSPS) is 19.9. The number of ether oxygens (including phenoxy) is 2. The Morgan fingerprint density at radius 3 is 2.69 bits per heavy atom. The number of benzene rings is 2. The fourth-order valence-electron chi connectivity index (χ4n) is 4.47. The first kappa shape index (κ1) is 24.7. The highest BCUT2D eigenvalue weighted by molar-refractivity contribution is 6.31. The number of carbonyl (C=O) groups excluding carboxylic acids is 1. The lowest BCUT2D eigenvalue weighted by atomic mass is 10.0. The fraction of sp³-hybridized carbons (Fsp3) is 0.400. The van der Waals surface area contributed by atoms with E-state index in [0.717, 1.165) is 6.07 Å². The van der Waals surface area contributed by atoms with Gasteiger partial charge in [-0.2, -0.15) is 8.78 Å².